The molecule has 1 amide bonds. The van der Waals surface area contributed by atoms with E-state index < -0.39 is 0 Å². The maximum Gasteiger partial charge on any atom is 0.255 e. The molecule has 0 bridgehead atoms. The van der Waals surface area contributed by atoms with Crippen LogP contribution in [0, 0.1) is 0 Å². The summed E-state index contributed by atoms with van der Waals surface area (Å²) >= 11 is 1.64. The zero-order valence-electron chi connectivity index (χ0n) is 13.0. The van der Waals surface area contributed by atoms with Crippen molar-refractivity contribution in [1.29, 1.82) is 0 Å². The van der Waals surface area contributed by atoms with Crippen LogP contribution in [0.2, 0.25) is 0 Å². The Kier molecular flexibility index (Phi) is 4.05. The van der Waals surface area contributed by atoms with Crippen LogP contribution in [0.5, 0.6) is 0 Å². The fraction of sp³-hybridized carbons (Fsp3) is 0. The molecule has 0 saturated carbocycles. The van der Waals surface area contributed by atoms with Crippen molar-refractivity contribution in [3.05, 3.63) is 77.9 Å². The Morgan fingerprint density at radius 3 is 2.76 bits per heavy atom. The van der Waals surface area contributed by atoms with Crippen molar-refractivity contribution in [2.75, 3.05) is 5.32 Å². The lowest BCUT2D eigenvalue weighted by molar-refractivity contribution is 0.102. The third-order valence-corrected chi connectivity index (χ3v) is 4.59. The number of aromatic nitrogens is 4. The van der Waals surface area contributed by atoms with E-state index in [1.807, 2.05) is 47.8 Å². The van der Waals surface area contributed by atoms with Gasteiger partial charge < -0.3 is 5.32 Å². The first kappa shape index (κ1) is 15.2. The zero-order chi connectivity index (χ0) is 17.1. The van der Waals surface area contributed by atoms with Crippen LogP contribution in [0.1, 0.15) is 10.4 Å². The van der Waals surface area contributed by atoms with Crippen molar-refractivity contribution in [3.8, 4) is 16.1 Å². The Morgan fingerprint density at radius 2 is 1.96 bits per heavy atom. The summed E-state index contributed by atoms with van der Waals surface area (Å²) in [4.78, 5) is 13.8. The molecule has 0 aliphatic carbocycles. The number of hydrogen-bond donors (Lipinski definition) is 1. The standard InChI is InChI=1S/C18H13N5OS/c24-18(13-5-3-6-14(11-13)23-12-19-21-22-23)20-16-8-2-1-7-15(16)17-9-4-10-25-17/h1-12H,(H,20,24). The third-order valence-electron chi connectivity index (χ3n) is 3.68. The maximum absolute atomic E-state index is 12.7. The number of rotatable bonds is 4. The van der Waals surface area contributed by atoms with E-state index in [2.05, 4.69) is 20.8 Å². The fourth-order valence-electron chi connectivity index (χ4n) is 2.50. The van der Waals surface area contributed by atoms with Gasteiger partial charge >= 0.3 is 0 Å². The number of carbonyl (C=O) groups excluding carboxylic acids is 1. The second-order valence-corrected chi connectivity index (χ2v) is 6.23. The number of para-hydroxylation sites is 1. The number of nitrogens with one attached hydrogen (secondary N) is 1. The molecule has 0 atom stereocenters. The summed E-state index contributed by atoms with van der Waals surface area (Å²) in [6.45, 7) is 0. The van der Waals surface area contributed by atoms with Crippen LogP contribution in [0.3, 0.4) is 0 Å². The van der Waals surface area contributed by atoms with Gasteiger partial charge in [-0.2, -0.15) is 0 Å². The number of benzene rings is 2. The highest BCUT2D eigenvalue weighted by atomic mass is 32.1. The highest BCUT2D eigenvalue weighted by Gasteiger charge is 2.11. The smallest absolute Gasteiger partial charge is 0.255 e. The Labute approximate surface area is 147 Å². The van der Waals surface area contributed by atoms with Gasteiger partial charge in [-0.1, -0.05) is 30.3 Å². The van der Waals surface area contributed by atoms with Crippen LogP contribution in [-0.4, -0.2) is 26.1 Å². The molecule has 2 aromatic carbocycles. The first-order chi connectivity index (χ1) is 12.3. The van der Waals surface area contributed by atoms with Gasteiger partial charge in [-0.15, -0.1) is 16.4 Å². The summed E-state index contributed by atoms with van der Waals surface area (Å²) < 4.78 is 1.51. The predicted molar refractivity (Wildman–Crippen MR) is 96.9 cm³/mol. The Bertz CT molecular complexity index is 996. The number of carbonyl (C=O) groups is 1. The Balaban J connectivity index is 1.63. The van der Waals surface area contributed by atoms with Crippen molar-refractivity contribution in [2.45, 2.75) is 0 Å². The molecule has 1 N–H and O–H groups in total. The Morgan fingerprint density at radius 1 is 1.04 bits per heavy atom. The van der Waals surface area contributed by atoms with Crippen LogP contribution in [-0.2, 0) is 0 Å². The van der Waals surface area contributed by atoms with Crippen LogP contribution in [0.4, 0.5) is 5.69 Å². The topological polar surface area (TPSA) is 72.7 Å². The lowest BCUT2D eigenvalue weighted by Crippen LogP contribution is -2.13. The van der Waals surface area contributed by atoms with Crippen molar-refractivity contribution in [1.82, 2.24) is 20.2 Å². The fourth-order valence-corrected chi connectivity index (χ4v) is 3.27. The van der Waals surface area contributed by atoms with Crippen molar-refractivity contribution < 1.29 is 4.79 Å². The number of thiophene rings is 1. The quantitative estimate of drug-likeness (QED) is 0.612. The summed E-state index contributed by atoms with van der Waals surface area (Å²) in [5, 5.41) is 16.1. The molecule has 25 heavy (non-hydrogen) atoms. The molecule has 0 aliphatic rings. The van der Waals surface area contributed by atoms with E-state index in [0.717, 1.165) is 21.8 Å². The van der Waals surface area contributed by atoms with Crippen LogP contribution < -0.4 is 5.32 Å². The first-order valence-electron chi connectivity index (χ1n) is 7.59. The minimum atomic E-state index is -0.182. The van der Waals surface area contributed by atoms with Crippen molar-refractivity contribution in [3.63, 3.8) is 0 Å². The summed E-state index contributed by atoms with van der Waals surface area (Å²) in [6, 6.07) is 19.0. The minimum Gasteiger partial charge on any atom is -0.321 e. The lowest BCUT2D eigenvalue weighted by Gasteiger charge is -2.10. The van der Waals surface area contributed by atoms with Gasteiger partial charge in [0.2, 0.25) is 0 Å². The van der Waals surface area contributed by atoms with Crippen LogP contribution >= 0.6 is 11.3 Å². The van der Waals surface area contributed by atoms with Crippen LogP contribution in [0.15, 0.2) is 72.4 Å². The SMILES string of the molecule is O=C(Nc1ccccc1-c1cccs1)c1cccc(-n2cnnn2)c1. The molecular formula is C18H13N5OS. The number of tetrazole rings is 1. The molecule has 122 valence electrons. The largest absolute Gasteiger partial charge is 0.321 e. The van der Waals surface area contributed by atoms with Gasteiger partial charge in [0.15, 0.2) is 0 Å². The molecule has 2 heterocycles. The number of hydrogen-bond acceptors (Lipinski definition) is 5. The average Bonchev–Trinajstić information content (AvgIpc) is 3.36. The van der Waals surface area contributed by atoms with E-state index in [9.17, 15) is 4.79 Å². The van der Waals surface area contributed by atoms with Gasteiger partial charge in [0.25, 0.3) is 5.91 Å². The molecule has 0 radical (unpaired) electrons. The highest BCUT2D eigenvalue weighted by molar-refractivity contribution is 7.13. The number of anilines is 1. The highest BCUT2D eigenvalue weighted by Crippen LogP contribution is 2.31. The Hall–Kier alpha value is -3.32. The molecule has 0 unspecified atom stereocenters. The van der Waals surface area contributed by atoms with E-state index in [4.69, 9.17) is 0 Å². The minimum absolute atomic E-state index is 0.182. The van der Waals surface area contributed by atoms with Gasteiger partial charge in [-0.05, 0) is 46.1 Å². The molecule has 4 rings (SSSR count). The summed E-state index contributed by atoms with van der Waals surface area (Å²) in [5.74, 6) is -0.182. The molecule has 0 fully saturated rings. The molecule has 6 nitrogen and oxygen atoms in total. The third kappa shape index (κ3) is 3.17. The van der Waals surface area contributed by atoms with Crippen molar-refractivity contribution >= 4 is 22.9 Å². The van der Waals surface area contributed by atoms with E-state index in [1.165, 1.54) is 11.0 Å². The summed E-state index contributed by atoms with van der Waals surface area (Å²) in [6.07, 6.45) is 1.49. The normalized spacial score (nSPS) is 10.6. The first-order valence-corrected chi connectivity index (χ1v) is 8.47. The molecule has 2 aromatic heterocycles. The predicted octanol–water partition coefficient (Wildman–Crippen LogP) is 3.64. The number of nitrogens with zero attached hydrogens (tertiary/aromatic N) is 4. The molecule has 0 spiro atoms. The van der Waals surface area contributed by atoms with Gasteiger partial charge in [0.1, 0.15) is 6.33 Å². The summed E-state index contributed by atoms with van der Waals surface area (Å²) in [5.41, 5.74) is 3.04. The summed E-state index contributed by atoms with van der Waals surface area (Å²) in [7, 11) is 0. The molecule has 7 heteroatoms. The van der Waals surface area contributed by atoms with Gasteiger partial charge in [-0.25, -0.2) is 4.68 Å². The van der Waals surface area contributed by atoms with Crippen molar-refractivity contribution in [2.24, 2.45) is 0 Å². The lowest BCUT2D eigenvalue weighted by atomic mass is 10.1. The van der Waals surface area contributed by atoms with Crippen LogP contribution in [0.25, 0.3) is 16.1 Å². The van der Waals surface area contributed by atoms with E-state index >= 15 is 0 Å². The molecule has 0 saturated heterocycles. The number of amides is 1. The maximum atomic E-state index is 12.7. The molecule has 4 aromatic rings. The van der Waals surface area contributed by atoms with Gasteiger partial charge in [0.05, 0.1) is 5.69 Å². The van der Waals surface area contributed by atoms with E-state index in [1.54, 1.807) is 29.5 Å². The van der Waals surface area contributed by atoms with Gasteiger partial charge in [0, 0.05) is 21.7 Å². The second kappa shape index (κ2) is 6.66. The molecule has 0 aliphatic heterocycles. The molecular weight excluding hydrogens is 334 g/mol. The van der Waals surface area contributed by atoms with E-state index in [0.29, 0.717) is 5.56 Å². The average molecular weight is 347 g/mol. The van der Waals surface area contributed by atoms with E-state index in [-0.39, 0.29) is 5.91 Å². The second-order valence-electron chi connectivity index (χ2n) is 5.28. The van der Waals surface area contributed by atoms with Gasteiger partial charge in [-0.3, -0.25) is 4.79 Å². The monoisotopic (exact) mass is 347 g/mol. The zero-order valence-corrected chi connectivity index (χ0v) is 13.9.